The lowest BCUT2D eigenvalue weighted by atomic mass is 9.89. The third kappa shape index (κ3) is 3.84. The minimum absolute atomic E-state index is 0.351. The van der Waals surface area contributed by atoms with Crippen LogP contribution in [0.4, 0.5) is 0 Å². The second-order valence-corrected chi connectivity index (χ2v) is 4.43. The van der Waals surface area contributed by atoms with Gasteiger partial charge >= 0.3 is 0 Å². The molecule has 0 aromatic carbocycles. The summed E-state index contributed by atoms with van der Waals surface area (Å²) >= 11 is 0. The lowest BCUT2D eigenvalue weighted by Gasteiger charge is -2.17. The van der Waals surface area contributed by atoms with Gasteiger partial charge in [0.1, 0.15) is 0 Å². The molecule has 1 atom stereocenters. The number of rotatable bonds is 7. The Balaban J connectivity index is 2.83. The highest BCUT2D eigenvalue weighted by atomic mass is 16.1. The Labute approximate surface area is 103 Å². The number of hydrogen-bond acceptors (Lipinski definition) is 2. The van der Waals surface area contributed by atoms with Crippen molar-refractivity contribution < 1.29 is 4.79 Å². The summed E-state index contributed by atoms with van der Waals surface area (Å²) in [5, 5.41) is 0. The second kappa shape index (κ2) is 7.05. The SMILES string of the molecule is CCCCCC(CC)c1cnccc1C(N)=O. The third-order valence-corrected chi connectivity index (χ3v) is 3.21. The zero-order chi connectivity index (χ0) is 12.7. The lowest BCUT2D eigenvalue weighted by Crippen LogP contribution is -2.15. The van der Waals surface area contributed by atoms with Gasteiger partial charge in [0, 0.05) is 18.0 Å². The molecule has 1 aromatic heterocycles. The van der Waals surface area contributed by atoms with Gasteiger partial charge in [-0.25, -0.2) is 0 Å². The molecule has 1 heterocycles. The predicted octanol–water partition coefficient (Wildman–Crippen LogP) is 3.25. The summed E-state index contributed by atoms with van der Waals surface area (Å²) < 4.78 is 0. The van der Waals surface area contributed by atoms with E-state index in [2.05, 4.69) is 18.8 Å². The molecule has 0 bridgehead atoms. The molecular formula is C14H22N2O. The second-order valence-electron chi connectivity index (χ2n) is 4.43. The summed E-state index contributed by atoms with van der Waals surface area (Å²) in [4.78, 5) is 15.5. The van der Waals surface area contributed by atoms with Crippen molar-refractivity contribution in [2.45, 2.75) is 51.9 Å². The van der Waals surface area contributed by atoms with Crippen molar-refractivity contribution in [3.05, 3.63) is 29.6 Å². The van der Waals surface area contributed by atoms with E-state index in [0.29, 0.717) is 11.5 Å². The Morgan fingerprint density at radius 2 is 2.18 bits per heavy atom. The number of unbranched alkanes of at least 4 members (excludes halogenated alkanes) is 2. The number of nitrogens with zero attached hydrogens (tertiary/aromatic N) is 1. The van der Waals surface area contributed by atoms with Crippen molar-refractivity contribution in [3.8, 4) is 0 Å². The Bertz CT molecular complexity index is 363. The highest BCUT2D eigenvalue weighted by Gasteiger charge is 2.16. The zero-order valence-electron chi connectivity index (χ0n) is 10.8. The van der Waals surface area contributed by atoms with Crippen LogP contribution in [-0.4, -0.2) is 10.9 Å². The molecule has 0 aliphatic carbocycles. The van der Waals surface area contributed by atoms with Gasteiger partial charge < -0.3 is 5.73 Å². The van der Waals surface area contributed by atoms with Crippen LogP contribution in [0.5, 0.6) is 0 Å². The van der Waals surface area contributed by atoms with E-state index in [1.54, 1.807) is 18.5 Å². The maximum atomic E-state index is 11.4. The fourth-order valence-corrected chi connectivity index (χ4v) is 2.18. The topological polar surface area (TPSA) is 56.0 Å². The van der Waals surface area contributed by atoms with Gasteiger partial charge in [0.2, 0.25) is 5.91 Å². The first-order valence-electron chi connectivity index (χ1n) is 6.44. The fraction of sp³-hybridized carbons (Fsp3) is 0.571. The quantitative estimate of drug-likeness (QED) is 0.736. The molecule has 0 radical (unpaired) electrons. The molecular weight excluding hydrogens is 212 g/mol. The summed E-state index contributed by atoms with van der Waals surface area (Å²) in [6.45, 7) is 4.34. The minimum atomic E-state index is -0.351. The molecule has 17 heavy (non-hydrogen) atoms. The van der Waals surface area contributed by atoms with Crippen LogP contribution in [0.3, 0.4) is 0 Å². The van der Waals surface area contributed by atoms with Crippen molar-refractivity contribution in [1.82, 2.24) is 4.98 Å². The van der Waals surface area contributed by atoms with Crippen LogP contribution < -0.4 is 5.73 Å². The monoisotopic (exact) mass is 234 g/mol. The molecule has 0 saturated carbocycles. The van der Waals surface area contributed by atoms with Gasteiger partial charge in [0.05, 0.1) is 0 Å². The molecule has 0 spiro atoms. The van der Waals surface area contributed by atoms with Crippen LogP contribution in [0.1, 0.15) is 67.8 Å². The molecule has 3 heteroatoms. The Hall–Kier alpha value is -1.38. The van der Waals surface area contributed by atoms with E-state index in [0.717, 1.165) is 18.4 Å². The minimum Gasteiger partial charge on any atom is -0.366 e. The van der Waals surface area contributed by atoms with Gasteiger partial charge in [0.25, 0.3) is 0 Å². The van der Waals surface area contributed by atoms with Gasteiger partial charge in [-0.05, 0) is 30.4 Å². The van der Waals surface area contributed by atoms with E-state index in [4.69, 9.17) is 5.73 Å². The van der Waals surface area contributed by atoms with E-state index in [9.17, 15) is 4.79 Å². The van der Waals surface area contributed by atoms with Crippen molar-refractivity contribution in [3.63, 3.8) is 0 Å². The number of nitrogens with two attached hydrogens (primary N) is 1. The normalized spacial score (nSPS) is 12.4. The summed E-state index contributed by atoms with van der Waals surface area (Å²) in [6, 6.07) is 1.72. The third-order valence-electron chi connectivity index (χ3n) is 3.21. The molecule has 1 rings (SSSR count). The first-order valence-corrected chi connectivity index (χ1v) is 6.44. The lowest BCUT2D eigenvalue weighted by molar-refractivity contribution is 0.0998. The maximum absolute atomic E-state index is 11.4. The molecule has 0 aliphatic heterocycles. The Morgan fingerprint density at radius 3 is 2.76 bits per heavy atom. The number of hydrogen-bond donors (Lipinski definition) is 1. The Kier molecular flexibility index (Phi) is 5.67. The molecule has 1 unspecified atom stereocenters. The van der Waals surface area contributed by atoms with Crippen molar-refractivity contribution >= 4 is 5.91 Å². The average Bonchev–Trinajstić information content (AvgIpc) is 2.35. The highest BCUT2D eigenvalue weighted by molar-refractivity contribution is 5.94. The predicted molar refractivity (Wildman–Crippen MR) is 69.9 cm³/mol. The molecule has 1 amide bonds. The van der Waals surface area contributed by atoms with E-state index in [1.807, 2.05) is 0 Å². The fourth-order valence-electron chi connectivity index (χ4n) is 2.18. The number of aromatic nitrogens is 1. The van der Waals surface area contributed by atoms with Gasteiger partial charge in [-0.15, -0.1) is 0 Å². The van der Waals surface area contributed by atoms with Crippen LogP contribution in [0.15, 0.2) is 18.5 Å². The van der Waals surface area contributed by atoms with Gasteiger partial charge in [0.15, 0.2) is 0 Å². The number of pyridine rings is 1. The molecule has 0 fully saturated rings. The number of amides is 1. The standard InChI is InChI=1S/C14H22N2O/c1-3-5-6-7-11(4-2)13-10-16-9-8-12(13)14(15)17/h8-11H,3-7H2,1-2H3,(H2,15,17). The summed E-state index contributed by atoms with van der Waals surface area (Å²) in [6.07, 6.45) is 9.20. The van der Waals surface area contributed by atoms with Gasteiger partial charge in [-0.3, -0.25) is 9.78 Å². The van der Waals surface area contributed by atoms with Gasteiger partial charge in [-0.2, -0.15) is 0 Å². The number of primary amides is 1. The molecule has 0 aliphatic rings. The number of carbonyl (C=O) groups is 1. The summed E-state index contributed by atoms with van der Waals surface area (Å²) in [5.74, 6) is 0.0501. The van der Waals surface area contributed by atoms with Gasteiger partial charge in [-0.1, -0.05) is 33.1 Å². The average molecular weight is 234 g/mol. The van der Waals surface area contributed by atoms with E-state index >= 15 is 0 Å². The van der Waals surface area contributed by atoms with E-state index < -0.39 is 0 Å². The molecule has 1 aromatic rings. The largest absolute Gasteiger partial charge is 0.366 e. The molecule has 0 saturated heterocycles. The van der Waals surface area contributed by atoms with E-state index in [-0.39, 0.29) is 5.91 Å². The van der Waals surface area contributed by atoms with Crippen LogP contribution in [0, 0.1) is 0 Å². The number of carbonyl (C=O) groups excluding carboxylic acids is 1. The van der Waals surface area contributed by atoms with Crippen LogP contribution in [-0.2, 0) is 0 Å². The van der Waals surface area contributed by atoms with Crippen LogP contribution >= 0.6 is 0 Å². The van der Waals surface area contributed by atoms with Crippen molar-refractivity contribution in [2.24, 2.45) is 5.73 Å². The zero-order valence-corrected chi connectivity index (χ0v) is 10.8. The summed E-state index contributed by atoms with van der Waals surface area (Å²) in [7, 11) is 0. The first-order chi connectivity index (χ1) is 8.20. The molecule has 3 nitrogen and oxygen atoms in total. The van der Waals surface area contributed by atoms with E-state index in [1.165, 1.54) is 19.3 Å². The van der Waals surface area contributed by atoms with Crippen molar-refractivity contribution in [2.75, 3.05) is 0 Å². The molecule has 94 valence electrons. The summed E-state index contributed by atoms with van der Waals surface area (Å²) in [5.41, 5.74) is 7.04. The maximum Gasteiger partial charge on any atom is 0.249 e. The molecule has 2 N–H and O–H groups in total. The highest BCUT2D eigenvalue weighted by Crippen LogP contribution is 2.27. The van der Waals surface area contributed by atoms with Crippen LogP contribution in [0.2, 0.25) is 0 Å². The van der Waals surface area contributed by atoms with Crippen molar-refractivity contribution in [1.29, 1.82) is 0 Å². The Morgan fingerprint density at radius 1 is 1.41 bits per heavy atom. The van der Waals surface area contributed by atoms with Crippen LogP contribution in [0.25, 0.3) is 0 Å². The smallest absolute Gasteiger partial charge is 0.249 e. The first kappa shape index (κ1) is 13.7.